The zero-order chi connectivity index (χ0) is 10.8. The second-order valence-electron chi connectivity index (χ2n) is 4.18. The average molecular weight is 286 g/mol. The highest BCUT2D eigenvalue weighted by Gasteiger charge is 2.21. The Hall–Kier alpha value is -0.150. The first kappa shape index (κ1) is 11.3. The molecule has 1 heterocycles. The molecule has 1 saturated heterocycles. The van der Waals surface area contributed by atoms with Crippen LogP contribution in [0.2, 0.25) is 0 Å². The van der Waals surface area contributed by atoms with Gasteiger partial charge in [-0.1, -0.05) is 28.9 Å². The first-order valence-electron chi connectivity index (χ1n) is 5.29. The van der Waals surface area contributed by atoms with Crippen molar-refractivity contribution in [3.63, 3.8) is 0 Å². The van der Waals surface area contributed by atoms with Crippen molar-refractivity contribution in [1.29, 1.82) is 0 Å². The highest BCUT2D eigenvalue weighted by Crippen LogP contribution is 2.29. The Morgan fingerprint density at radius 2 is 2.27 bits per heavy atom. The molecule has 0 aliphatic carbocycles. The molecule has 0 bridgehead atoms. The van der Waals surface area contributed by atoms with E-state index in [9.17, 15) is 0 Å². The van der Waals surface area contributed by atoms with Crippen molar-refractivity contribution in [3.8, 4) is 0 Å². The molecule has 82 valence electrons. The topological polar surface area (TPSA) is 12.0 Å². The predicted octanol–water partition coefficient (Wildman–Crippen LogP) is 4.06. The molecule has 0 radical (unpaired) electrons. The fourth-order valence-corrected chi connectivity index (χ4v) is 3.36. The Bertz CT molecular complexity index is 353. The van der Waals surface area contributed by atoms with E-state index in [0.29, 0.717) is 6.04 Å². The van der Waals surface area contributed by atoms with E-state index in [1.807, 2.05) is 0 Å². The molecular formula is C12H16BrNS. The van der Waals surface area contributed by atoms with Crippen molar-refractivity contribution < 1.29 is 0 Å². The lowest BCUT2D eigenvalue weighted by molar-refractivity contribution is 0.747. The SMILES string of the molecule is Cc1ccc(NC2CSC(C)C2)cc1Br. The molecule has 0 amide bonds. The third kappa shape index (κ3) is 2.91. The fourth-order valence-electron chi connectivity index (χ4n) is 1.84. The number of benzene rings is 1. The van der Waals surface area contributed by atoms with Gasteiger partial charge in [-0.15, -0.1) is 0 Å². The van der Waals surface area contributed by atoms with Crippen molar-refractivity contribution in [2.24, 2.45) is 0 Å². The molecule has 1 fully saturated rings. The van der Waals surface area contributed by atoms with Gasteiger partial charge in [0.15, 0.2) is 0 Å². The van der Waals surface area contributed by atoms with Crippen molar-refractivity contribution in [1.82, 2.24) is 0 Å². The number of anilines is 1. The fraction of sp³-hybridized carbons (Fsp3) is 0.500. The Balaban J connectivity index is 2.02. The number of nitrogens with one attached hydrogen (secondary N) is 1. The van der Waals surface area contributed by atoms with E-state index < -0.39 is 0 Å². The second-order valence-corrected chi connectivity index (χ2v) is 6.51. The quantitative estimate of drug-likeness (QED) is 0.879. The molecule has 0 spiro atoms. The smallest absolute Gasteiger partial charge is 0.0362 e. The van der Waals surface area contributed by atoms with Gasteiger partial charge in [-0.2, -0.15) is 11.8 Å². The maximum Gasteiger partial charge on any atom is 0.0362 e. The Morgan fingerprint density at radius 1 is 1.47 bits per heavy atom. The van der Waals surface area contributed by atoms with Gasteiger partial charge in [-0.05, 0) is 31.0 Å². The Morgan fingerprint density at radius 3 is 2.87 bits per heavy atom. The average Bonchev–Trinajstić information content (AvgIpc) is 2.58. The van der Waals surface area contributed by atoms with Crippen LogP contribution >= 0.6 is 27.7 Å². The minimum Gasteiger partial charge on any atom is -0.381 e. The van der Waals surface area contributed by atoms with Crippen LogP contribution in [0.25, 0.3) is 0 Å². The first-order chi connectivity index (χ1) is 7.15. The summed E-state index contributed by atoms with van der Waals surface area (Å²) in [6, 6.07) is 7.12. The van der Waals surface area contributed by atoms with Crippen LogP contribution in [0.1, 0.15) is 18.9 Å². The third-order valence-corrected chi connectivity index (χ3v) is 4.95. The first-order valence-corrected chi connectivity index (χ1v) is 7.13. The molecule has 1 aliphatic heterocycles. The minimum absolute atomic E-state index is 0.639. The lowest BCUT2D eigenvalue weighted by Gasteiger charge is -2.14. The zero-order valence-electron chi connectivity index (χ0n) is 9.09. The highest BCUT2D eigenvalue weighted by molar-refractivity contribution is 9.10. The molecule has 15 heavy (non-hydrogen) atoms. The van der Waals surface area contributed by atoms with Crippen LogP contribution in [-0.2, 0) is 0 Å². The van der Waals surface area contributed by atoms with Gasteiger partial charge in [0.2, 0.25) is 0 Å². The van der Waals surface area contributed by atoms with Crippen molar-refractivity contribution >= 4 is 33.4 Å². The summed E-state index contributed by atoms with van der Waals surface area (Å²) in [5.74, 6) is 1.23. The van der Waals surface area contributed by atoms with Crippen molar-refractivity contribution in [2.75, 3.05) is 11.1 Å². The molecule has 2 rings (SSSR count). The van der Waals surface area contributed by atoms with E-state index in [0.717, 1.165) is 5.25 Å². The van der Waals surface area contributed by atoms with Gasteiger partial charge in [-0.3, -0.25) is 0 Å². The summed E-state index contributed by atoms with van der Waals surface area (Å²) in [5, 5.41) is 4.39. The van der Waals surface area contributed by atoms with Gasteiger partial charge in [0.1, 0.15) is 0 Å². The summed E-state index contributed by atoms with van der Waals surface area (Å²) in [5.41, 5.74) is 2.52. The zero-order valence-corrected chi connectivity index (χ0v) is 11.5. The van der Waals surface area contributed by atoms with Crippen LogP contribution in [0.3, 0.4) is 0 Å². The maximum atomic E-state index is 3.59. The van der Waals surface area contributed by atoms with Crippen LogP contribution < -0.4 is 5.32 Å². The molecule has 0 saturated carbocycles. The monoisotopic (exact) mass is 285 g/mol. The lowest BCUT2D eigenvalue weighted by Crippen LogP contribution is -2.18. The summed E-state index contributed by atoms with van der Waals surface area (Å²) in [6.45, 7) is 4.42. The lowest BCUT2D eigenvalue weighted by atomic mass is 10.1. The summed E-state index contributed by atoms with van der Waals surface area (Å²) in [4.78, 5) is 0. The van der Waals surface area contributed by atoms with Gasteiger partial charge in [-0.25, -0.2) is 0 Å². The Kier molecular flexibility index (Phi) is 3.62. The van der Waals surface area contributed by atoms with E-state index in [-0.39, 0.29) is 0 Å². The summed E-state index contributed by atoms with van der Waals surface area (Å²) in [7, 11) is 0. The van der Waals surface area contributed by atoms with Gasteiger partial charge in [0.05, 0.1) is 0 Å². The minimum atomic E-state index is 0.639. The molecule has 1 nitrogen and oxygen atoms in total. The van der Waals surface area contributed by atoms with E-state index in [2.05, 4.69) is 65.1 Å². The number of thioether (sulfide) groups is 1. The number of halogens is 1. The highest BCUT2D eigenvalue weighted by atomic mass is 79.9. The predicted molar refractivity (Wildman–Crippen MR) is 72.8 cm³/mol. The van der Waals surface area contributed by atoms with Crippen LogP contribution in [0.4, 0.5) is 5.69 Å². The molecule has 3 heteroatoms. The summed E-state index contributed by atoms with van der Waals surface area (Å²) >= 11 is 5.62. The van der Waals surface area contributed by atoms with Crippen LogP contribution in [0, 0.1) is 6.92 Å². The maximum absolute atomic E-state index is 3.59. The van der Waals surface area contributed by atoms with E-state index in [1.54, 1.807) is 0 Å². The third-order valence-electron chi connectivity index (χ3n) is 2.74. The van der Waals surface area contributed by atoms with Crippen molar-refractivity contribution in [2.45, 2.75) is 31.6 Å². The second kappa shape index (κ2) is 4.79. The number of rotatable bonds is 2. The molecule has 2 atom stereocenters. The van der Waals surface area contributed by atoms with Gasteiger partial charge < -0.3 is 5.32 Å². The largest absolute Gasteiger partial charge is 0.381 e. The molecule has 0 aromatic heterocycles. The molecule has 2 unspecified atom stereocenters. The van der Waals surface area contributed by atoms with Crippen LogP contribution in [-0.4, -0.2) is 17.0 Å². The summed E-state index contributed by atoms with van der Waals surface area (Å²) < 4.78 is 1.19. The van der Waals surface area contributed by atoms with Crippen LogP contribution in [0.15, 0.2) is 22.7 Å². The molecule has 1 aromatic rings. The van der Waals surface area contributed by atoms with E-state index >= 15 is 0 Å². The standard InChI is InChI=1S/C12H16BrNS/c1-8-3-4-10(6-12(8)13)14-11-5-9(2)15-7-11/h3-4,6,9,11,14H,5,7H2,1-2H3. The molecule has 1 N–H and O–H groups in total. The van der Waals surface area contributed by atoms with Crippen molar-refractivity contribution in [3.05, 3.63) is 28.2 Å². The van der Waals surface area contributed by atoms with Gasteiger partial charge in [0.25, 0.3) is 0 Å². The number of hydrogen-bond acceptors (Lipinski definition) is 2. The summed E-state index contributed by atoms with van der Waals surface area (Å²) in [6.07, 6.45) is 1.27. The van der Waals surface area contributed by atoms with E-state index in [1.165, 1.54) is 27.9 Å². The molecular weight excluding hydrogens is 270 g/mol. The van der Waals surface area contributed by atoms with Crippen LogP contribution in [0.5, 0.6) is 0 Å². The van der Waals surface area contributed by atoms with Gasteiger partial charge in [0, 0.05) is 27.2 Å². The molecule has 1 aliphatic rings. The Labute approximate surface area is 104 Å². The van der Waals surface area contributed by atoms with Gasteiger partial charge >= 0.3 is 0 Å². The van der Waals surface area contributed by atoms with E-state index in [4.69, 9.17) is 0 Å². The molecule has 1 aromatic carbocycles. The number of hydrogen-bond donors (Lipinski definition) is 1. The normalized spacial score (nSPS) is 25.5. The number of aryl methyl sites for hydroxylation is 1.